The molecule has 0 saturated carbocycles. The number of nitrogens with zero attached hydrogens (tertiary/aromatic N) is 1. The number of nitrogens with one attached hydrogen (secondary N) is 1. The molecule has 24 heavy (non-hydrogen) atoms. The summed E-state index contributed by atoms with van der Waals surface area (Å²) in [5, 5.41) is 3.16. The van der Waals surface area contributed by atoms with Crippen LogP contribution >= 0.6 is 0 Å². The molecular formula is C20H24N2O2. The zero-order valence-corrected chi connectivity index (χ0v) is 14.3. The summed E-state index contributed by atoms with van der Waals surface area (Å²) in [6.07, 6.45) is 4.93. The molecular weight excluding hydrogens is 300 g/mol. The normalized spacial score (nSPS) is 20.1. The van der Waals surface area contributed by atoms with E-state index in [-0.39, 0.29) is 11.9 Å². The molecule has 4 heteroatoms. The molecule has 1 aromatic heterocycles. The molecule has 0 aliphatic carbocycles. The van der Waals surface area contributed by atoms with Crippen molar-refractivity contribution in [3.8, 4) is 0 Å². The minimum absolute atomic E-state index is 0.0685. The molecule has 1 aliphatic heterocycles. The van der Waals surface area contributed by atoms with E-state index in [1.807, 2.05) is 19.1 Å². The Morgan fingerprint density at radius 3 is 2.79 bits per heavy atom. The third kappa shape index (κ3) is 4.20. The summed E-state index contributed by atoms with van der Waals surface area (Å²) in [6.45, 7) is 5.38. The van der Waals surface area contributed by atoms with E-state index < -0.39 is 0 Å². The first-order valence-corrected chi connectivity index (χ1v) is 8.44. The molecule has 1 aromatic carbocycles. The fourth-order valence-corrected chi connectivity index (χ4v) is 3.20. The molecule has 1 fully saturated rings. The van der Waals surface area contributed by atoms with Gasteiger partial charge in [0.15, 0.2) is 0 Å². The smallest absolute Gasteiger partial charge is 0.224 e. The van der Waals surface area contributed by atoms with Gasteiger partial charge in [0.1, 0.15) is 0 Å². The van der Waals surface area contributed by atoms with E-state index in [0.717, 1.165) is 17.5 Å². The van der Waals surface area contributed by atoms with Crippen LogP contribution in [0.1, 0.15) is 22.3 Å². The van der Waals surface area contributed by atoms with Crippen molar-refractivity contribution >= 4 is 5.91 Å². The van der Waals surface area contributed by atoms with Gasteiger partial charge in [-0.3, -0.25) is 9.78 Å². The monoisotopic (exact) mass is 324 g/mol. The SMILES string of the molecule is Cc1ccc(C)c(CC(=O)N[C@H]2COC[C@H]2Cc2ccncc2)c1. The zero-order valence-electron chi connectivity index (χ0n) is 14.3. The van der Waals surface area contributed by atoms with Crippen molar-refractivity contribution in [1.29, 1.82) is 0 Å². The number of aryl methyl sites for hydroxylation is 2. The zero-order chi connectivity index (χ0) is 16.9. The molecule has 2 atom stereocenters. The van der Waals surface area contributed by atoms with Gasteiger partial charge in [-0.15, -0.1) is 0 Å². The summed E-state index contributed by atoms with van der Waals surface area (Å²) in [5.41, 5.74) is 4.67. The molecule has 4 nitrogen and oxygen atoms in total. The molecule has 1 saturated heterocycles. The Labute approximate surface area is 143 Å². The average Bonchev–Trinajstić information content (AvgIpc) is 2.99. The van der Waals surface area contributed by atoms with Crippen LogP contribution in [0.15, 0.2) is 42.7 Å². The van der Waals surface area contributed by atoms with Gasteiger partial charge in [-0.1, -0.05) is 23.8 Å². The van der Waals surface area contributed by atoms with Gasteiger partial charge in [0.25, 0.3) is 0 Å². The number of ether oxygens (including phenoxy) is 1. The summed E-state index contributed by atoms with van der Waals surface area (Å²) < 4.78 is 5.61. The highest BCUT2D eigenvalue weighted by Gasteiger charge is 2.29. The van der Waals surface area contributed by atoms with Crippen LogP contribution < -0.4 is 5.32 Å². The predicted octanol–water partition coefficient (Wildman–Crippen LogP) is 2.61. The van der Waals surface area contributed by atoms with Crippen molar-refractivity contribution in [1.82, 2.24) is 10.3 Å². The van der Waals surface area contributed by atoms with E-state index in [1.54, 1.807) is 12.4 Å². The third-order valence-corrected chi connectivity index (χ3v) is 4.65. The number of hydrogen-bond donors (Lipinski definition) is 1. The van der Waals surface area contributed by atoms with Crippen molar-refractivity contribution in [3.05, 3.63) is 65.0 Å². The Morgan fingerprint density at radius 2 is 2.00 bits per heavy atom. The largest absolute Gasteiger partial charge is 0.379 e. The van der Waals surface area contributed by atoms with Crippen molar-refractivity contribution in [2.24, 2.45) is 5.92 Å². The minimum atomic E-state index is 0.0685. The van der Waals surface area contributed by atoms with Gasteiger partial charge in [0.2, 0.25) is 5.91 Å². The second kappa shape index (κ2) is 7.58. The molecule has 0 spiro atoms. The van der Waals surface area contributed by atoms with Gasteiger partial charge in [0, 0.05) is 18.3 Å². The van der Waals surface area contributed by atoms with Gasteiger partial charge in [-0.25, -0.2) is 0 Å². The van der Waals surface area contributed by atoms with Crippen molar-refractivity contribution < 1.29 is 9.53 Å². The molecule has 2 heterocycles. The van der Waals surface area contributed by atoms with Gasteiger partial charge in [0.05, 0.1) is 25.7 Å². The van der Waals surface area contributed by atoms with Crippen LogP contribution in [0.25, 0.3) is 0 Å². The topological polar surface area (TPSA) is 51.2 Å². The van der Waals surface area contributed by atoms with Gasteiger partial charge < -0.3 is 10.1 Å². The Bertz CT molecular complexity index is 700. The van der Waals surface area contributed by atoms with Crippen molar-refractivity contribution in [2.45, 2.75) is 32.7 Å². The lowest BCUT2D eigenvalue weighted by Crippen LogP contribution is -2.41. The molecule has 1 amide bonds. The van der Waals surface area contributed by atoms with Crippen LogP contribution in [0.4, 0.5) is 0 Å². The van der Waals surface area contributed by atoms with E-state index in [0.29, 0.717) is 25.6 Å². The average molecular weight is 324 g/mol. The lowest BCUT2D eigenvalue weighted by atomic mass is 9.95. The fraction of sp³-hybridized carbons (Fsp3) is 0.400. The Balaban J connectivity index is 1.60. The first kappa shape index (κ1) is 16.7. The van der Waals surface area contributed by atoms with E-state index in [4.69, 9.17) is 4.74 Å². The number of benzene rings is 1. The van der Waals surface area contributed by atoms with Gasteiger partial charge >= 0.3 is 0 Å². The van der Waals surface area contributed by atoms with Gasteiger partial charge in [-0.2, -0.15) is 0 Å². The second-order valence-electron chi connectivity index (χ2n) is 6.64. The van der Waals surface area contributed by atoms with E-state index in [2.05, 4.69) is 35.4 Å². The maximum atomic E-state index is 12.5. The quantitative estimate of drug-likeness (QED) is 0.920. The lowest BCUT2D eigenvalue weighted by molar-refractivity contribution is -0.121. The van der Waals surface area contributed by atoms with Crippen molar-refractivity contribution in [2.75, 3.05) is 13.2 Å². The number of amides is 1. The molecule has 0 bridgehead atoms. The lowest BCUT2D eigenvalue weighted by Gasteiger charge is -2.19. The summed E-state index contributed by atoms with van der Waals surface area (Å²) in [6, 6.07) is 10.4. The van der Waals surface area contributed by atoms with Crippen LogP contribution in [0.3, 0.4) is 0 Å². The number of rotatable bonds is 5. The molecule has 126 valence electrons. The van der Waals surface area contributed by atoms with Crippen LogP contribution in [0.2, 0.25) is 0 Å². The highest BCUT2D eigenvalue weighted by Crippen LogP contribution is 2.19. The highest BCUT2D eigenvalue weighted by molar-refractivity contribution is 5.79. The third-order valence-electron chi connectivity index (χ3n) is 4.65. The molecule has 3 rings (SSSR count). The van der Waals surface area contributed by atoms with Crippen molar-refractivity contribution in [3.63, 3.8) is 0 Å². The molecule has 0 radical (unpaired) electrons. The highest BCUT2D eigenvalue weighted by atomic mass is 16.5. The first-order chi connectivity index (χ1) is 11.6. The molecule has 1 N–H and O–H groups in total. The van der Waals surface area contributed by atoms with Crippen LogP contribution in [-0.2, 0) is 22.4 Å². The second-order valence-corrected chi connectivity index (χ2v) is 6.64. The van der Waals surface area contributed by atoms with E-state index in [9.17, 15) is 4.79 Å². The molecule has 0 unspecified atom stereocenters. The van der Waals surface area contributed by atoms with Crippen LogP contribution in [-0.4, -0.2) is 30.1 Å². The molecule has 2 aromatic rings. The van der Waals surface area contributed by atoms with E-state index >= 15 is 0 Å². The standard InChI is InChI=1S/C20H24N2O2/c1-14-3-4-15(2)17(9-14)11-20(23)22-19-13-24-12-18(19)10-16-5-7-21-8-6-16/h3-9,18-19H,10-13H2,1-2H3,(H,22,23)/t18-,19+/m1/s1. The fourth-order valence-electron chi connectivity index (χ4n) is 3.20. The van der Waals surface area contributed by atoms with Crippen LogP contribution in [0.5, 0.6) is 0 Å². The van der Waals surface area contributed by atoms with E-state index in [1.165, 1.54) is 11.1 Å². The number of aromatic nitrogens is 1. The number of carbonyl (C=O) groups excluding carboxylic acids is 1. The van der Waals surface area contributed by atoms with Crippen LogP contribution in [0, 0.1) is 19.8 Å². The first-order valence-electron chi connectivity index (χ1n) is 8.44. The number of hydrogen-bond acceptors (Lipinski definition) is 3. The number of carbonyl (C=O) groups is 1. The Kier molecular flexibility index (Phi) is 5.26. The maximum Gasteiger partial charge on any atom is 0.224 e. The molecule has 1 aliphatic rings. The predicted molar refractivity (Wildman–Crippen MR) is 93.8 cm³/mol. The summed E-state index contributed by atoms with van der Waals surface area (Å²) in [7, 11) is 0. The summed E-state index contributed by atoms with van der Waals surface area (Å²) >= 11 is 0. The summed E-state index contributed by atoms with van der Waals surface area (Å²) in [5.74, 6) is 0.383. The van der Waals surface area contributed by atoms with Gasteiger partial charge in [-0.05, 0) is 49.1 Å². The Morgan fingerprint density at radius 1 is 1.21 bits per heavy atom. The number of pyridine rings is 1. The maximum absolute atomic E-state index is 12.5. The Hall–Kier alpha value is -2.20. The summed E-state index contributed by atoms with van der Waals surface area (Å²) in [4.78, 5) is 16.5. The minimum Gasteiger partial charge on any atom is -0.379 e.